The summed E-state index contributed by atoms with van der Waals surface area (Å²) in [4.78, 5) is 23.0. The minimum absolute atomic E-state index is 0.0724. The molecule has 98 valence electrons. The molecule has 0 bridgehead atoms. The number of nitrogens with one attached hydrogen (secondary N) is 1. The summed E-state index contributed by atoms with van der Waals surface area (Å²) in [5.41, 5.74) is 6.78. The van der Waals surface area contributed by atoms with Crippen molar-refractivity contribution in [2.75, 3.05) is 5.32 Å². The van der Waals surface area contributed by atoms with E-state index in [1.807, 2.05) is 0 Å². The molecule has 0 spiro atoms. The van der Waals surface area contributed by atoms with Crippen molar-refractivity contribution in [1.29, 1.82) is 0 Å². The Labute approximate surface area is 117 Å². The van der Waals surface area contributed by atoms with Crippen molar-refractivity contribution >= 4 is 33.4 Å². The van der Waals surface area contributed by atoms with Gasteiger partial charge in [0.2, 0.25) is 5.91 Å². The lowest BCUT2D eigenvalue weighted by atomic mass is 10.1. The van der Waals surface area contributed by atoms with Crippen molar-refractivity contribution in [3.8, 4) is 0 Å². The van der Waals surface area contributed by atoms with Crippen molar-refractivity contribution in [2.45, 2.75) is 6.42 Å². The average Bonchev–Trinajstić information content (AvgIpc) is 2.77. The van der Waals surface area contributed by atoms with Crippen molar-refractivity contribution in [3.05, 3.63) is 52.4 Å². The lowest BCUT2D eigenvalue weighted by molar-refractivity contribution is -0.117. The highest BCUT2D eigenvalue weighted by Gasteiger charge is 2.14. The van der Waals surface area contributed by atoms with Crippen LogP contribution in [0.4, 0.5) is 5.69 Å². The quantitative estimate of drug-likeness (QED) is 0.905. The summed E-state index contributed by atoms with van der Waals surface area (Å²) in [6.45, 7) is 0. The first-order chi connectivity index (χ1) is 9.08. The number of anilines is 1. The van der Waals surface area contributed by atoms with Crippen LogP contribution in [0.1, 0.15) is 15.9 Å². The SMILES string of the molecule is NC(=O)Cc1ccccc1NC(=O)c1ccoc1Br. The Morgan fingerprint density at radius 2 is 2.00 bits per heavy atom. The number of para-hydroxylation sites is 1. The van der Waals surface area contributed by atoms with Crippen LogP contribution in [0.25, 0.3) is 0 Å². The average molecular weight is 323 g/mol. The van der Waals surface area contributed by atoms with Crippen LogP contribution in [-0.4, -0.2) is 11.8 Å². The van der Waals surface area contributed by atoms with E-state index in [9.17, 15) is 9.59 Å². The molecule has 0 aliphatic carbocycles. The highest BCUT2D eigenvalue weighted by Crippen LogP contribution is 2.21. The van der Waals surface area contributed by atoms with E-state index in [2.05, 4.69) is 21.2 Å². The van der Waals surface area contributed by atoms with Crippen LogP contribution in [0.2, 0.25) is 0 Å². The minimum atomic E-state index is -0.453. The molecule has 6 heteroatoms. The van der Waals surface area contributed by atoms with Crippen LogP contribution in [0, 0.1) is 0 Å². The number of hydrogen-bond donors (Lipinski definition) is 2. The Hall–Kier alpha value is -2.08. The number of halogens is 1. The third-order valence-corrected chi connectivity index (χ3v) is 3.11. The largest absolute Gasteiger partial charge is 0.457 e. The molecular formula is C13H11BrN2O3. The van der Waals surface area contributed by atoms with Gasteiger partial charge in [-0.2, -0.15) is 0 Å². The highest BCUT2D eigenvalue weighted by atomic mass is 79.9. The maximum absolute atomic E-state index is 12.0. The molecule has 5 nitrogen and oxygen atoms in total. The van der Waals surface area contributed by atoms with Crippen LogP contribution in [-0.2, 0) is 11.2 Å². The first-order valence-corrected chi connectivity index (χ1v) is 6.28. The Morgan fingerprint density at radius 1 is 1.26 bits per heavy atom. The van der Waals surface area contributed by atoms with Gasteiger partial charge in [0.25, 0.3) is 5.91 Å². The fourth-order valence-electron chi connectivity index (χ4n) is 1.63. The van der Waals surface area contributed by atoms with Gasteiger partial charge in [-0.15, -0.1) is 0 Å². The molecule has 19 heavy (non-hydrogen) atoms. The van der Waals surface area contributed by atoms with Gasteiger partial charge in [0.05, 0.1) is 18.2 Å². The molecule has 0 saturated heterocycles. The Bertz CT molecular complexity index is 622. The minimum Gasteiger partial charge on any atom is -0.457 e. The number of carbonyl (C=O) groups is 2. The predicted octanol–water partition coefficient (Wildman–Crippen LogP) is 2.32. The number of rotatable bonds is 4. The van der Waals surface area contributed by atoms with E-state index in [4.69, 9.17) is 10.2 Å². The maximum atomic E-state index is 12.0. The van der Waals surface area contributed by atoms with E-state index in [0.717, 1.165) is 0 Å². The molecule has 0 aliphatic heterocycles. The number of benzene rings is 1. The standard InChI is InChI=1S/C13H11BrN2O3/c14-12-9(5-6-19-12)13(18)16-10-4-2-1-3-8(10)7-11(15)17/h1-6H,7H2,(H2,15,17)(H,16,18). The lowest BCUT2D eigenvalue weighted by Crippen LogP contribution is -2.17. The topological polar surface area (TPSA) is 85.3 Å². The van der Waals surface area contributed by atoms with Crippen molar-refractivity contribution in [1.82, 2.24) is 0 Å². The summed E-state index contributed by atoms with van der Waals surface area (Å²) in [6, 6.07) is 8.55. The highest BCUT2D eigenvalue weighted by molar-refractivity contribution is 9.10. The molecule has 2 rings (SSSR count). The zero-order chi connectivity index (χ0) is 13.8. The van der Waals surface area contributed by atoms with Gasteiger partial charge in [-0.25, -0.2) is 0 Å². The van der Waals surface area contributed by atoms with Crippen molar-refractivity contribution in [3.63, 3.8) is 0 Å². The molecule has 2 aromatic rings. The summed E-state index contributed by atoms with van der Waals surface area (Å²) in [5.74, 6) is -0.774. The molecule has 1 aromatic carbocycles. The summed E-state index contributed by atoms with van der Waals surface area (Å²) in [6.07, 6.45) is 1.48. The second kappa shape index (κ2) is 5.71. The van der Waals surface area contributed by atoms with Gasteiger partial charge in [0, 0.05) is 5.69 Å². The zero-order valence-corrected chi connectivity index (χ0v) is 11.4. The zero-order valence-electron chi connectivity index (χ0n) is 9.85. The molecule has 0 saturated carbocycles. The predicted molar refractivity (Wildman–Crippen MR) is 73.7 cm³/mol. The van der Waals surface area contributed by atoms with E-state index < -0.39 is 5.91 Å². The second-order valence-electron chi connectivity index (χ2n) is 3.86. The van der Waals surface area contributed by atoms with Gasteiger partial charge in [-0.3, -0.25) is 9.59 Å². The molecule has 0 fully saturated rings. The fraction of sp³-hybridized carbons (Fsp3) is 0.0769. The third-order valence-electron chi connectivity index (χ3n) is 2.49. The van der Waals surface area contributed by atoms with E-state index >= 15 is 0 Å². The summed E-state index contributed by atoms with van der Waals surface area (Å²) >= 11 is 3.14. The molecular weight excluding hydrogens is 312 g/mol. The van der Waals surface area contributed by atoms with Gasteiger partial charge in [0.1, 0.15) is 0 Å². The lowest BCUT2D eigenvalue weighted by Gasteiger charge is -2.09. The van der Waals surface area contributed by atoms with Crippen molar-refractivity contribution in [2.24, 2.45) is 5.73 Å². The van der Waals surface area contributed by atoms with E-state index in [0.29, 0.717) is 21.5 Å². The second-order valence-corrected chi connectivity index (χ2v) is 4.58. The van der Waals surface area contributed by atoms with Crippen LogP contribution in [0.3, 0.4) is 0 Å². The molecule has 3 N–H and O–H groups in total. The number of carbonyl (C=O) groups excluding carboxylic acids is 2. The van der Waals surface area contributed by atoms with Gasteiger partial charge < -0.3 is 15.5 Å². The molecule has 0 radical (unpaired) electrons. The van der Waals surface area contributed by atoms with Crippen LogP contribution in [0.5, 0.6) is 0 Å². The van der Waals surface area contributed by atoms with Gasteiger partial charge >= 0.3 is 0 Å². The Balaban J connectivity index is 2.22. The van der Waals surface area contributed by atoms with Crippen molar-refractivity contribution < 1.29 is 14.0 Å². The number of nitrogens with two attached hydrogens (primary N) is 1. The monoisotopic (exact) mass is 322 g/mol. The van der Waals surface area contributed by atoms with E-state index in [1.165, 1.54) is 6.26 Å². The Kier molecular flexibility index (Phi) is 4.01. The van der Waals surface area contributed by atoms with Gasteiger partial charge in [0.15, 0.2) is 4.67 Å². The van der Waals surface area contributed by atoms with Crippen LogP contribution in [0.15, 0.2) is 45.7 Å². The number of furan rings is 1. The normalized spacial score (nSPS) is 10.2. The molecule has 1 aromatic heterocycles. The van der Waals surface area contributed by atoms with Crippen LogP contribution >= 0.6 is 15.9 Å². The summed E-state index contributed by atoms with van der Waals surface area (Å²) < 4.78 is 5.36. The summed E-state index contributed by atoms with van der Waals surface area (Å²) in [5, 5.41) is 2.72. The van der Waals surface area contributed by atoms with E-state index in [1.54, 1.807) is 30.3 Å². The number of primary amides is 1. The first kappa shape index (κ1) is 13.4. The molecule has 2 amide bonds. The van der Waals surface area contributed by atoms with Crippen LogP contribution < -0.4 is 11.1 Å². The summed E-state index contributed by atoms with van der Waals surface area (Å²) in [7, 11) is 0. The third kappa shape index (κ3) is 3.23. The van der Waals surface area contributed by atoms with E-state index in [-0.39, 0.29) is 12.3 Å². The first-order valence-electron chi connectivity index (χ1n) is 5.48. The molecule has 1 heterocycles. The van der Waals surface area contributed by atoms with Gasteiger partial charge in [-0.1, -0.05) is 18.2 Å². The number of hydrogen-bond acceptors (Lipinski definition) is 3. The number of amides is 2. The molecule has 0 aliphatic rings. The molecule has 0 atom stereocenters. The fourth-order valence-corrected chi connectivity index (χ4v) is 2.05. The molecule has 0 unspecified atom stereocenters. The maximum Gasteiger partial charge on any atom is 0.260 e. The smallest absolute Gasteiger partial charge is 0.260 e. The van der Waals surface area contributed by atoms with Gasteiger partial charge in [-0.05, 0) is 33.6 Å². The Morgan fingerprint density at radius 3 is 2.63 bits per heavy atom.